The summed E-state index contributed by atoms with van der Waals surface area (Å²) in [5.74, 6) is 1.22. The van der Waals surface area contributed by atoms with Crippen LogP contribution in [0.2, 0.25) is 0 Å². The molecular weight excluding hydrogens is 520 g/mol. The first-order valence-corrected chi connectivity index (χ1v) is 16.4. The van der Waals surface area contributed by atoms with Crippen LogP contribution in [0.4, 0.5) is 0 Å². The van der Waals surface area contributed by atoms with Gasteiger partial charge in [-0.05, 0) is 110 Å². The summed E-state index contributed by atoms with van der Waals surface area (Å²) in [7, 11) is 1.58. The fourth-order valence-electron chi connectivity index (χ4n) is 10.9. The minimum atomic E-state index is -0.380. The van der Waals surface area contributed by atoms with Gasteiger partial charge >= 0.3 is 11.9 Å². The van der Waals surface area contributed by atoms with Crippen molar-refractivity contribution >= 4 is 11.9 Å². The van der Waals surface area contributed by atoms with Gasteiger partial charge < -0.3 is 9.47 Å². The molecule has 4 nitrogen and oxygen atoms in total. The lowest BCUT2D eigenvalue weighted by Gasteiger charge is -2.64. The third-order valence-corrected chi connectivity index (χ3v) is 13.8. The van der Waals surface area contributed by atoms with Crippen molar-refractivity contribution in [1.29, 1.82) is 0 Å². The maximum atomic E-state index is 13.5. The van der Waals surface area contributed by atoms with Crippen molar-refractivity contribution in [2.24, 2.45) is 50.7 Å². The monoisotopic (exact) mass is 572 g/mol. The lowest BCUT2D eigenvalue weighted by Crippen LogP contribution is -2.58. The highest BCUT2D eigenvalue weighted by Gasteiger charge is 2.66. The molecule has 3 unspecified atom stereocenters. The molecule has 0 heterocycles. The Kier molecular flexibility index (Phi) is 6.95. The average molecular weight is 573 g/mol. The van der Waals surface area contributed by atoms with Crippen LogP contribution in [-0.2, 0) is 14.3 Å². The Labute approximate surface area is 253 Å². The van der Waals surface area contributed by atoms with Crippen molar-refractivity contribution in [3.63, 3.8) is 0 Å². The molecule has 1 aromatic carbocycles. The third kappa shape index (κ3) is 4.13. The number of esters is 2. The number of hydrogen-bond donors (Lipinski definition) is 0. The molecule has 4 fully saturated rings. The van der Waals surface area contributed by atoms with Gasteiger partial charge in [-0.15, -0.1) is 0 Å². The first-order chi connectivity index (χ1) is 19.7. The Hall–Kier alpha value is -2.36. The summed E-state index contributed by atoms with van der Waals surface area (Å²) < 4.78 is 11.8. The van der Waals surface area contributed by atoms with Crippen LogP contribution in [0.15, 0.2) is 54.1 Å². The topological polar surface area (TPSA) is 52.6 Å². The standard InChI is InChI=1S/C38H52O4/c1-24-26-22-31(42-32(39)25-12-10-9-11-13-25)35(4,5)28(26)16-17-36(6)27(24)14-15-29-30-23-34(2,3)18-20-38(30,33(40)41-8)21-19-37(29,36)7/h9-13,15,26-28,30-31H,1,14,16-23H2,2-8H3/t26-,27?,28?,30?,31-,36+,37+,38-/m0/s1. The molecule has 8 atom stereocenters. The highest BCUT2D eigenvalue weighted by molar-refractivity contribution is 5.89. The number of methoxy groups -OCH3 is 1. The molecule has 6 rings (SSSR count). The molecule has 0 N–H and O–H groups in total. The van der Waals surface area contributed by atoms with Crippen LogP contribution in [0.1, 0.15) is 110 Å². The predicted octanol–water partition coefficient (Wildman–Crippen LogP) is 8.96. The van der Waals surface area contributed by atoms with Gasteiger partial charge in [0, 0.05) is 5.41 Å². The van der Waals surface area contributed by atoms with E-state index >= 15 is 0 Å². The molecule has 0 bridgehead atoms. The van der Waals surface area contributed by atoms with E-state index < -0.39 is 0 Å². The molecule has 228 valence electrons. The SMILES string of the molecule is C=C1C2CC=C3C4CC(C)(C)CC[C@]4(C(=O)OC)CC[C@@]3(C)[C@]2(C)CCC2[C@H]1C[C@H](OC(=O)c1ccccc1)C2(C)C. The van der Waals surface area contributed by atoms with Gasteiger partial charge in [-0.2, -0.15) is 0 Å². The van der Waals surface area contributed by atoms with Gasteiger partial charge in [0.2, 0.25) is 0 Å². The summed E-state index contributed by atoms with van der Waals surface area (Å²) in [5.41, 5.74) is 3.35. The summed E-state index contributed by atoms with van der Waals surface area (Å²) >= 11 is 0. The van der Waals surface area contributed by atoms with Gasteiger partial charge in [-0.1, -0.05) is 83.5 Å². The normalized spacial score (nSPS) is 41.6. The second-order valence-corrected chi connectivity index (χ2v) is 16.4. The highest BCUT2D eigenvalue weighted by Crippen LogP contribution is 2.72. The van der Waals surface area contributed by atoms with E-state index in [0.29, 0.717) is 23.3 Å². The zero-order valence-electron chi connectivity index (χ0n) is 27.1. The first kappa shape index (κ1) is 29.7. The molecular formula is C38H52O4. The summed E-state index contributed by atoms with van der Waals surface area (Å²) in [6.45, 7) is 19.3. The third-order valence-electron chi connectivity index (χ3n) is 13.8. The van der Waals surface area contributed by atoms with Crippen LogP contribution < -0.4 is 0 Å². The molecule has 0 amide bonds. The smallest absolute Gasteiger partial charge is 0.338 e. The number of allylic oxidation sites excluding steroid dienone is 3. The predicted molar refractivity (Wildman–Crippen MR) is 167 cm³/mol. The van der Waals surface area contributed by atoms with Crippen LogP contribution in [0.3, 0.4) is 0 Å². The molecule has 5 aliphatic carbocycles. The number of fused-ring (bicyclic) bond motifs is 6. The van der Waals surface area contributed by atoms with Gasteiger partial charge in [0.05, 0.1) is 18.1 Å². The van der Waals surface area contributed by atoms with E-state index in [4.69, 9.17) is 16.1 Å². The maximum absolute atomic E-state index is 13.5. The molecule has 0 saturated heterocycles. The van der Waals surface area contributed by atoms with Gasteiger partial charge in [0.15, 0.2) is 0 Å². The van der Waals surface area contributed by atoms with Crippen LogP contribution in [0.5, 0.6) is 0 Å². The maximum Gasteiger partial charge on any atom is 0.338 e. The van der Waals surface area contributed by atoms with E-state index in [-0.39, 0.29) is 51.0 Å². The van der Waals surface area contributed by atoms with E-state index in [1.165, 1.54) is 5.57 Å². The first-order valence-electron chi connectivity index (χ1n) is 16.4. The number of ether oxygens (including phenoxy) is 2. The van der Waals surface area contributed by atoms with Crippen molar-refractivity contribution in [2.75, 3.05) is 7.11 Å². The number of carbonyl (C=O) groups excluding carboxylic acids is 2. The van der Waals surface area contributed by atoms with E-state index in [1.54, 1.807) is 12.7 Å². The molecule has 42 heavy (non-hydrogen) atoms. The number of carbonyl (C=O) groups is 2. The van der Waals surface area contributed by atoms with Crippen LogP contribution in [-0.4, -0.2) is 25.2 Å². The average Bonchev–Trinajstić information content (AvgIpc) is 3.13. The summed E-state index contributed by atoms with van der Waals surface area (Å²) in [5, 5.41) is 0. The van der Waals surface area contributed by atoms with Crippen molar-refractivity contribution in [3.8, 4) is 0 Å². The molecule has 0 aliphatic heterocycles. The molecule has 0 aromatic heterocycles. The Morgan fingerprint density at radius 2 is 1.60 bits per heavy atom. The van der Waals surface area contributed by atoms with Crippen LogP contribution >= 0.6 is 0 Å². The quantitative estimate of drug-likeness (QED) is 0.268. The summed E-state index contributed by atoms with van der Waals surface area (Å²) in [6, 6.07) is 9.39. The molecule has 1 aromatic rings. The van der Waals surface area contributed by atoms with E-state index in [2.05, 4.69) is 47.6 Å². The fourth-order valence-corrected chi connectivity index (χ4v) is 10.9. The zero-order valence-corrected chi connectivity index (χ0v) is 27.1. The van der Waals surface area contributed by atoms with E-state index in [1.807, 2.05) is 30.3 Å². The van der Waals surface area contributed by atoms with E-state index in [0.717, 1.165) is 57.8 Å². The summed E-state index contributed by atoms with van der Waals surface area (Å²) in [4.78, 5) is 26.6. The van der Waals surface area contributed by atoms with Gasteiger partial charge in [0.25, 0.3) is 0 Å². The lowest BCUT2D eigenvalue weighted by atomic mass is 9.40. The number of benzene rings is 1. The molecule has 0 radical (unpaired) electrons. The second kappa shape index (κ2) is 9.83. The Morgan fingerprint density at radius 3 is 2.29 bits per heavy atom. The van der Waals surface area contributed by atoms with Gasteiger partial charge in [-0.3, -0.25) is 4.79 Å². The Morgan fingerprint density at radius 1 is 0.905 bits per heavy atom. The van der Waals surface area contributed by atoms with Crippen LogP contribution in [0, 0.1) is 50.7 Å². The minimum Gasteiger partial charge on any atom is -0.469 e. The largest absolute Gasteiger partial charge is 0.469 e. The van der Waals surface area contributed by atoms with Gasteiger partial charge in [0.1, 0.15) is 6.10 Å². The Balaban J connectivity index is 1.32. The van der Waals surface area contributed by atoms with Crippen molar-refractivity contribution < 1.29 is 19.1 Å². The zero-order chi connectivity index (χ0) is 30.3. The second-order valence-electron chi connectivity index (χ2n) is 16.4. The minimum absolute atomic E-state index is 0.0101. The number of rotatable bonds is 3. The van der Waals surface area contributed by atoms with Crippen molar-refractivity contribution in [1.82, 2.24) is 0 Å². The molecule has 4 heteroatoms. The van der Waals surface area contributed by atoms with Gasteiger partial charge in [-0.25, -0.2) is 4.79 Å². The Bertz CT molecular complexity index is 1310. The molecule has 5 aliphatic rings. The van der Waals surface area contributed by atoms with Crippen molar-refractivity contribution in [2.45, 2.75) is 105 Å². The fraction of sp³-hybridized carbons (Fsp3) is 0.684. The molecule has 0 spiro atoms. The van der Waals surface area contributed by atoms with E-state index in [9.17, 15) is 9.59 Å². The van der Waals surface area contributed by atoms with Crippen molar-refractivity contribution in [3.05, 3.63) is 59.7 Å². The number of hydrogen-bond acceptors (Lipinski definition) is 4. The van der Waals surface area contributed by atoms with Crippen LogP contribution in [0.25, 0.3) is 0 Å². The lowest BCUT2D eigenvalue weighted by molar-refractivity contribution is -0.167. The summed E-state index contributed by atoms with van der Waals surface area (Å²) in [6.07, 6.45) is 11.5. The highest BCUT2D eigenvalue weighted by atomic mass is 16.5. The molecule has 4 saturated carbocycles.